The van der Waals surface area contributed by atoms with E-state index in [1.165, 1.54) is 12.1 Å². The van der Waals surface area contributed by atoms with Crippen LogP contribution in [-0.2, 0) is 16.0 Å². The average molecular weight is 281 g/mol. The zero-order chi connectivity index (χ0) is 15.5. The highest BCUT2D eigenvalue weighted by molar-refractivity contribution is 5.78. The second-order valence-electron chi connectivity index (χ2n) is 5.59. The van der Waals surface area contributed by atoms with E-state index in [9.17, 15) is 14.7 Å². The maximum Gasteiger partial charge on any atom is 0.320 e. The van der Waals surface area contributed by atoms with Crippen molar-refractivity contribution in [3.05, 3.63) is 23.8 Å². The Balaban J connectivity index is 2.84. The number of nitrogens with two attached hydrogens (primary N) is 1. The van der Waals surface area contributed by atoms with Crippen molar-refractivity contribution in [3.8, 4) is 11.5 Å². The lowest BCUT2D eigenvalue weighted by atomic mass is 9.97. The lowest BCUT2D eigenvalue weighted by molar-refractivity contribution is -0.143. The van der Waals surface area contributed by atoms with Crippen LogP contribution in [0.2, 0.25) is 0 Å². The topological polar surface area (TPSA) is 110 Å². The van der Waals surface area contributed by atoms with Crippen molar-refractivity contribution in [2.75, 3.05) is 0 Å². The van der Waals surface area contributed by atoms with Crippen LogP contribution in [0, 0.1) is 5.41 Å². The number of aliphatic carboxylic acids is 1. The second kappa shape index (κ2) is 5.92. The molecule has 0 radical (unpaired) electrons. The van der Waals surface area contributed by atoms with E-state index >= 15 is 0 Å². The molecule has 0 spiro atoms. The van der Waals surface area contributed by atoms with Crippen LogP contribution in [0.15, 0.2) is 18.2 Å². The highest BCUT2D eigenvalue weighted by Gasteiger charge is 2.24. The molecule has 1 aromatic carbocycles. The quantitative estimate of drug-likeness (QED) is 0.567. The first-order valence-electron chi connectivity index (χ1n) is 6.14. The smallest absolute Gasteiger partial charge is 0.320 e. The summed E-state index contributed by atoms with van der Waals surface area (Å²) in [5.74, 6) is -1.77. The summed E-state index contributed by atoms with van der Waals surface area (Å²) in [7, 11) is 0. The fourth-order valence-corrected chi connectivity index (χ4v) is 1.37. The molecule has 6 nitrogen and oxygen atoms in total. The van der Waals surface area contributed by atoms with Crippen LogP contribution in [-0.4, -0.2) is 28.2 Å². The first-order chi connectivity index (χ1) is 9.11. The number of carboxylic acids is 1. The molecule has 0 heterocycles. The van der Waals surface area contributed by atoms with Crippen molar-refractivity contribution < 1.29 is 24.5 Å². The van der Waals surface area contributed by atoms with Gasteiger partial charge in [0.2, 0.25) is 0 Å². The van der Waals surface area contributed by atoms with Gasteiger partial charge in [0.25, 0.3) is 0 Å². The Labute approximate surface area is 117 Å². The Hall–Kier alpha value is -2.08. The van der Waals surface area contributed by atoms with E-state index in [1.807, 2.05) is 0 Å². The molecule has 1 rings (SSSR count). The third kappa shape index (κ3) is 4.24. The number of carboxylic acid groups (broad SMARTS) is 1. The number of phenolic OH excluding ortho intramolecular Hbond substituents is 1. The van der Waals surface area contributed by atoms with E-state index in [4.69, 9.17) is 15.6 Å². The highest BCUT2D eigenvalue weighted by Crippen LogP contribution is 2.29. The summed E-state index contributed by atoms with van der Waals surface area (Å²) in [5, 5.41) is 18.5. The van der Waals surface area contributed by atoms with Crippen molar-refractivity contribution in [1.82, 2.24) is 0 Å². The predicted octanol–water partition coefficient (Wildman–Crippen LogP) is 1.30. The van der Waals surface area contributed by atoms with Crippen molar-refractivity contribution in [1.29, 1.82) is 0 Å². The third-order valence-corrected chi connectivity index (χ3v) is 2.61. The molecule has 0 saturated carbocycles. The number of benzene rings is 1. The molecule has 20 heavy (non-hydrogen) atoms. The molecule has 0 saturated heterocycles. The number of phenols is 1. The number of carbonyl (C=O) groups excluding carboxylic acids is 1. The second-order valence-corrected chi connectivity index (χ2v) is 5.59. The van der Waals surface area contributed by atoms with Gasteiger partial charge in [-0.3, -0.25) is 9.59 Å². The number of ether oxygens (including phenoxy) is 1. The van der Waals surface area contributed by atoms with Crippen molar-refractivity contribution in [3.63, 3.8) is 0 Å². The first-order valence-corrected chi connectivity index (χ1v) is 6.14. The molecule has 0 fully saturated rings. The highest BCUT2D eigenvalue weighted by atomic mass is 16.5. The standard InChI is InChI=1S/C14H19NO5/c1-14(2,3)13(19)20-11-5-4-8(7-10(11)16)6-9(15)12(17)18/h4-5,7,9,16H,6,15H2,1-3H3,(H,17,18). The molecule has 0 aliphatic heterocycles. The number of esters is 1. The molecular weight excluding hydrogens is 262 g/mol. The van der Waals surface area contributed by atoms with Crippen LogP contribution in [0.3, 0.4) is 0 Å². The van der Waals surface area contributed by atoms with Gasteiger partial charge in [0.1, 0.15) is 6.04 Å². The minimum atomic E-state index is -1.12. The van der Waals surface area contributed by atoms with Gasteiger partial charge in [-0.25, -0.2) is 0 Å². The molecule has 6 heteroatoms. The summed E-state index contributed by atoms with van der Waals surface area (Å²) in [5.41, 5.74) is 5.27. The Morgan fingerprint density at radius 1 is 1.35 bits per heavy atom. The minimum absolute atomic E-state index is 0.0394. The van der Waals surface area contributed by atoms with Gasteiger partial charge in [-0.05, 0) is 44.9 Å². The van der Waals surface area contributed by atoms with Crippen LogP contribution in [0.4, 0.5) is 0 Å². The van der Waals surface area contributed by atoms with E-state index in [1.54, 1.807) is 26.8 Å². The van der Waals surface area contributed by atoms with Crippen LogP contribution >= 0.6 is 0 Å². The SMILES string of the molecule is CC(C)(C)C(=O)Oc1ccc(CC(N)C(=O)O)cc1O. The molecule has 110 valence electrons. The van der Waals surface area contributed by atoms with E-state index in [-0.39, 0.29) is 17.9 Å². The summed E-state index contributed by atoms with van der Waals surface area (Å²) >= 11 is 0. The largest absolute Gasteiger partial charge is 0.504 e. The Morgan fingerprint density at radius 3 is 2.40 bits per heavy atom. The van der Waals surface area contributed by atoms with Crippen LogP contribution in [0.25, 0.3) is 0 Å². The van der Waals surface area contributed by atoms with E-state index < -0.39 is 23.4 Å². The minimum Gasteiger partial charge on any atom is -0.504 e. The number of aromatic hydroxyl groups is 1. The summed E-state index contributed by atoms with van der Waals surface area (Å²) < 4.78 is 5.08. The lowest BCUT2D eigenvalue weighted by Gasteiger charge is -2.17. The molecule has 1 atom stereocenters. The van der Waals surface area contributed by atoms with Gasteiger partial charge < -0.3 is 20.7 Å². The maximum absolute atomic E-state index is 11.7. The monoisotopic (exact) mass is 281 g/mol. The molecule has 0 aromatic heterocycles. The molecule has 1 unspecified atom stereocenters. The number of carbonyl (C=O) groups is 2. The average Bonchev–Trinajstić information content (AvgIpc) is 2.31. The lowest BCUT2D eigenvalue weighted by Crippen LogP contribution is -2.32. The molecule has 0 aliphatic rings. The summed E-state index contributed by atoms with van der Waals surface area (Å²) in [6, 6.07) is 3.28. The van der Waals surface area contributed by atoms with Gasteiger partial charge in [-0.1, -0.05) is 6.07 Å². The van der Waals surface area contributed by atoms with E-state index in [0.29, 0.717) is 5.56 Å². The summed E-state index contributed by atoms with van der Waals surface area (Å²) in [4.78, 5) is 22.4. The summed E-state index contributed by atoms with van der Waals surface area (Å²) in [6.07, 6.45) is 0.0798. The van der Waals surface area contributed by atoms with Crippen LogP contribution in [0.5, 0.6) is 11.5 Å². The van der Waals surface area contributed by atoms with Crippen molar-refractivity contribution in [2.24, 2.45) is 11.1 Å². The fraction of sp³-hybridized carbons (Fsp3) is 0.429. The number of hydrogen-bond acceptors (Lipinski definition) is 5. The molecule has 0 amide bonds. The predicted molar refractivity (Wildman–Crippen MR) is 72.5 cm³/mol. The molecule has 0 bridgehead atoms. The van der Waals surface area contributed by atoms with Crippen molar-refractivity contribution in [2.45, 2.75) is 33.2 Å². The molecular formula is C14H19NO5. The van der Waals surface area contributed by atoms with E-state index in [2.05, 4.69) is 0 Å². The van der Waals surface area contributed by atoms with Gasteiger partial charge in [0.15, 0.2) is 11.5 Å². The summed E-state index contributed by atoms with van der Waals surface area (Å²) in [6.45, 7) is 5.10. The molecule has 1 aromatic rings. The Morgan fingerprint density at radius 2 is 1.95 bits per heavy atom. The van der Waals surface area contributed by atoms with Crippen LogP contribution in [0.1, 0.15) is 26.3 Å². The fourth-order valence-electron chi connectivity index (χ4n) is 1.37. The first kappa shape index (κ1) is 16.0. The van der Waals surface area contributed by atoms with Crippen LogP contribution < -0.4 is 10.5 Å². The Bertz CT molecular complexity index is 519. The zero-order valence-electron chi connectivity index (χ0n) is 11.7. The number of rotatable bonds is 4. The molecule has 4 N–H and O–H groups in total. The van der Waals surface area contributed by atoms with Gasteiger partial charge in [-0.15, -0.1) is 0 Å². The van der Waals surface area contributed by atoms with Gasteiger partial charge >= 0.3 is 11.9 Å². The third-order valence-electron chi connectivity index (χ3n) is 2.61. The van der Waals surface area contributed by atoms with Crippen molar-refractivity contribution >= 4 is 11.9 Å². The maximum atomic E-state index is 11.7. The molecule has 0 aliphatic carbocycles. The van der Waals surface area contributed by atoms with E-state index in [0.717, 1.165) is 0 Å². The normalized spacial score (nSPS) is 12.8. The van der Waals surface area contributed by atoms with Gasteiger partial charge in [0.05, 0.1) is 5.41 Å². The van der Waals surface area contributed by atoms with Gasteiger partial charge in [0, 0.05) is 0 Å². The van der Waals surface area contributed by atoms with Gasteiger partial charge in [-0.2, -0.15) is 0 Å². The zero-order valence-corrected chi connectivity index (χ0v) is 11.7. The Kier molecular flexibility index (Phi) is 4.73. The number of hydrogen-bond donors (Lipinski definition) is 3.